The summed E-state index contributed by atoms with van der Waals surface area (Å²) in [5.74, 6) is 0. The number of nitrogens with one attached hydrogen (secondary N) is 3. The van der Waals surface area contributed by atoms with Crippen molar-refractivity contribution in [1.29, 1.82) is 0 Å². The lowest BCUT2D eigenvalue weighted by atomic mass is 9.83. The molecule has 3 fully saturated rings. The van der Waals surface area contributed by atoms with Crippen molar-refractivity contribution in [3.63, 3.8) is 0 Å². The molecule has 0 aromatic carbocycles. The molecular weight excluding hydrogens is 588 g/mol. The maximum atomic E-state index is 11.5. The Bertz CT molecular complexity index is 853. The van der Waals surface area contributed by atoms with Gasteiger partial charge in [0.1, 0.15) is 54.4 Å². The molecule has 0 spiro atoms. The molecule has 44 heavy (non-hydrogen) atoms. The largest absolute Gasteiger partial charge is 0.392 e. The molecule has 0 radical (unpaired) electrons. The smallest absolute Gasteiger partial charge is 0.187 e. The van der Waals surface area contributed by atoms with Gasteiger partial charge in [-0.3, -0.25) is 0 Å². The van der Waals surface area contributed by atoms with Crippen molar-refractivity contribution in [3.05, 3.63) is 0 Å². The van der Waals surface area contributed by atoms with Crippen molar-refractivity contribution in [2.45, 2.75) is 117 Å². The summed E-state index contributed by atoms with van der Waals surface area (Å²) >= 11 is 0. The minimum atomic E-state index is -1.71. The second-order valence-electron chi connectivity index (χ2n) is 12.2. The van der Waals surface area contributed by atoms with E-state index in [0.717, 1.165) is 0 Å². The van der Waals surface area contributed by atoms with Gasteiger partial charge in [0.15, 0.2) is 12.6 Å². The van der Waals surface area contributed by atoms with Crippen LogP contribution in [0, 0.1) is 0 Å². The quantitative estimate of drug-likeness (QED) is 0.0788. The maximum Gasteiger partial charge on any atom is 0.187 e. The predicted molar refractivity (Wildman–Crippen MR) is 154 cm³/mol. The SMILES string of the molecule is CN[C@@H]1[C@@H](O)[C@@H](O[C@H]2[C@H](NCC(O)CN)C[C@H](N)C(O[C@H]3O[C@H](CNCC(O)CCN)[C@@H](O)[C@H](O)[C@H]3O)[C@@H]2O)OC[C@]1(C)O. The van der Waals surface area contributed by atoms with Crippen molar-refractivity contribution < 1.29 is 59.8 Å². The lowest BCUT2D eigenvalue weighted by Gasteiger charge is -2.49. The van der Waals surface area contributed by atoms with Crippen molar-refractivity contribution in [2.75, 3.05) is 46.4 Å². The Morgan fingerprint density at radius 3 is 2.23 bits per heavy atom. The Morgan fingerprint density at radius 1 is 0.909 bits per heavy atom. The molecule has 1 saturated carbocycles. The highest BCUT2D eigenvalue weighted by Gasteiger charge is 2.52. The fourth-order valence-corrected chi connectivity index (χ4v) is 5.93. The van der Waals surface area contributed by atoms with E-state index in [9.17, 15) is 40.9 Å². The van der Waals surface area contributed by atoms with Crippen LogP contribution in [0.5, 0.6) is 0 Å². The number of aliphatic hydroxyl groups excluding tert-OH is 7. The van der Waals surface area contributed by atoms with Gasteiger partial charge in [0.2, 0.25) is 0 Å². The number of rotatable bonds is 15. The molecule has 18 heteroatoms. The molecule has 2 saturated heterocycles. The molecule has 3 unspecified atom stereocenters. The minimum absolute atomic E-state index is 0.0137. The average molecular weight is 643 g/mol. The molecule has 0 aromatic heterocycles. The van der Waals surface area contributed by atoms with Crippen LogP contribution in [-0.2, 0) is 18.9 Å². The summed E-state index contributed by atoms with van der Waals surface area (Å²) in [5, 5.41) is 93.6. The lowest BCUT2D eigenvalue weighted by Crippen LogP contribution is -2.69. The van der Waals surface area contributed by atoms with Crippen LogP contribution in [0.2, 0.25) is 0 Å². The van der Waals surface area contributed by atoms with Crippen LogP contribution in [0.1, 0.15) is 19.8 Å². The summed E-state index contributed by atoms with van der Waals surface area (Å²) in [7, 11) is 1.56. The molecule has 3 aliphatic rings. The summed E-state index contributed by atoms with van der Waals surface area (Å²) in [5.41, 5.74) is 16.0. The molecule has 0 amide bonds. The van der Waals surface area contributed by atoms with Gasteiger partial charge >= 0.3 is 0 Å². The Kier molecular flexibility index (Phi) is 14.5. The monoisotopic (exact) mass is 642 g/mol. The van der Waals surface area contributed by atoms with E-state index in [2.05, 4.69) is 16.0 Å². The Balaban J connectivity index is 1.76. The lowest BCUT2D eigenvalue weighted by molar-refractivity contribution is -0.331. The van der Waals surface area contributed by atoms with Crippen LogP contribution < -0.4 is 33.2 Å². The van der Waals surface area contributed by atoms with Crippen LogP contribution in [0.3, 0.4) is 0 Å². The summed E-state index contributed by atoms with van der Waals surface area (Å²) in [6, 6.07) is -2.39. The second-order valence-corrected chi connectivity index (χ2v) is 12.2. The first kappa shape index (κ1) is 37.7. The van der Waals surface area contributed by atoms with E-state index in [4.69, 9.17) is 36.1 Å². The van der Waals surface area contributed by atoms with Crippen molar-refractivity contribution in [2.24, 2.45) is 17.2 Å². The number of likely N-dealkylation sites (N-methyl/N-ethyl adjacent to an activating group) is 1. The average Bonchev–Trinajstić information content (AvgIpc) is 2.97. The van der Waals surface area contributed by atoms with Crippen LogP contribution in [0.4, 0.5) is 0 Å². The third-order valence-electron chi connectivity index (χ3n) is 8.52. The fraction of sp³-hybridized carbons (Fsp3) is 1.00. The van der Waals surface area contributed by atoms with E-state index in [0.29, 0.717) is 6.42 Å². The zero-order valence-electron chi connectivity index (χ0n) is 25.3. The van der Waals surface area contributed by atoms with Crippen molar-refractivity contribution in [3.8, 4) is 0 Å². The summed E-state index contributed by atoms with van der Waals surface area (Å²) in [6.45, 7) is 1.74. The van der Waals surface area contributed by atoms with Crippen molar-refractivity contribution in [1.82, 2.24) is 16.0 Å². The standard InChI is InChI=1S/C26H54N6O12/c1-26(40)10-41-24(20(39)23(26)30-2)44-22-14(32-8-12(34)6-28)5-13(29)21(19(22)38)43-25-18(37)17(36)16(35)15(42-25)9-31-7-11(33)3-4-27/h11-25,30-40H,3-10,27-29H2,1-2H3/t11?,12?,13-,14+,15+,16+,17-,18+,19-,20+,21?,22-,23+,24+,25+,26-/m0/s1. The molecule has 16 atom stereocenters. The molecular formula is C26H54N6O12. The Labute approximate surface area is 256 Å². The minimum Gasteiger partial charge on any atom is -0.392 e. The summed E-state index contributed by atoms with van der Waals surface area (Å²) in [6.07, 6.45) is -15.1. The van der Waals surface area contributed by atoms with E-state index in [-0.39, 0.29) is 45.8 Å². The molecule has 3 rings (SSSR count). The van der Waals surface area contributed by atoms with Crippen LogP contribution in [-0.4, -0.2) is 185 Å². The van der Waals surface area contributed by atoms with Crippen molar-refractivity contribution >= 4 is 0 Å². The fourth-order valence-electron chi connectivity index (χ4n) is 5.93. The first-order valence-corrected chi connectivity index (χ1v) is 15.1. The van der Waals surface area contributed by atoms with Crippen LogP contribution in [0.25, 0.3) is 0 Å². The normalized spacial score (nSPS) is 44.8. The Morgan fingerprint density at radius 2 is 1.59 bits per heavy atom. The van der Waals surface area contributed by atoms with E-state index in [1.807, 2.05) is 0 Å². The highest BCUT2D eigenvalue weighted by atomic mass is 16.7. The molecule has 2 aliphatic heterocycles. The number of hydrogen-bond donors (Lipinski definition) is 14. The van der Waals surface area contributed by atoms with Gasteiger partial charge in [0.05, 0.1) is 24.9 Å². The second kappa shape index (κ2) is 16.9. The van der Waals surface area contributed by atoms with Gasteiger partial charge < -0.3 is 93.0 Å². The molecule has 0 aromatic rings. The maximum absolute atomic E-state index is 11.5. The highest BCUT2D eigenvalue weighted by Crippen LogP contribution is 2.32. The zero-order valence-corrected chi connectivity index (χ0v) is 25.3. The number of ether oxygens (including phenoxy) is 4. The number of aliphatic hydroxyl groups is 8. The summed E-state index contributed by atoms with van der Waals surface area (Å²) in [4.78, 5) is 0. The Hall–Kier alpha value is -0.720. The van der Waals surface area contributed by atoms with Gasteiger partial charge in [-0.2, -0.15) is 0 Å². The van der Waals surface area contributed by atoms with E-state index >= 15 is 0 Å². The van der Waals surface area contributed by atoms with Gasteiger partial charge in [0, 0.05) is 38.3 Å². The molecule has 260 valence electrons. The van der Waals surface area contributed by atoms with Gasteiger partial charge in [-0.15, -0.1) is 0 Å². The van der Waals surface area contributed by atoms with Gasteiger partial charge in [-0.1, -0.05) is 0 Å². The van der Waals surface area contributed by atoms with Crippen LogP contribution in [0.15, 0.2) is 0 Å². The molecule has 1 aliphatic carbocycles. The first-order valence-electron chi connectivity index (χ1n) is 15.1. The number of hydrogen-bond acceptors (Lipinski definition) is 18. The number of nitrogens with two attached hydrogens (primary N) is 3. The third kappa shape index (κ3) is 9.21. The molecule has 17 N–H and O–H groups in total. The van der Waals surface area contributed by atoms with E-state index < -0.39 is 97.3 Å². The topological polar surface area (TPSA) is 313 Å². The zero-order chi connectivity index (χ0) is 32.8. The van der Waals surface area contributed by atoms with Gasteiger partial charge in [-0.05, 0) is 33.4 Å². The van der Waals surface area contributed by atoms with E-state index in [1.54, 1.807) is 7.05 Å². The highest BCUT2D eigenvalue weighted by molar-refractivity contribution is 5.03. The van der Waals surface area contributed by atoms with Crippen LogP contribution >= 0.6 is 0 Å². The van der Waals surface area contributed by atoms with E-state index in [1.165, 1.54) is 6.92 Å². The molecule has 18 nitrogen and oxygen atoms in total. The summed E-state index contributed by atoms with van der Waals surface area (Å²) < 4.78 is 23.4. The molecule has 2 heterocycles. The van der Waals surface area contributed by atoms with Gasteiger partial charge in [-0.25, -0.2) is 0 Å². The first-order chi connectivity index (χ1) is 20.7. The molecule has 0 bridgehead atoms. The van der Waals surface area contributed by atoms with Gasteiger partial charge in [0.25, 0.3) is 0 Å². The third-order valence-corrected chi connectivity index (χ3v) is 8.52. The predicted octanol–water partition coefficient (Wildman–Crippen LogP) is -7.71.